The molecule has 3 N–H and O–H groups in total. The predicted molar refractivity (Wildman–Crippen MR) is 80.4 cm³/mol. The molecular weight excluding hydrogens is 271 g/mol. The lowest BCUT2D eigenvalue weighted by atomic mass is 10.1. The second kappa shape index (κ2) is 5.91. The fourth-order valence-electron chi connectivity index (χ4n) is 2.25. The molecule has 110 valence electrons. The molecule has 5 heteroatoms. The van der Waals surface area contributed by atoms with E-state index < -0.39 is 0 Å². The maximum absolute atomic E-state index is 12.8. The predicted octanol–water partition coefficient (Wildman–Crippen LogP) is 2.83. The first kappa shape index (κ1) is 13.5. The summed E-state index contributed by atoms with van der Waals surface area (Å²) in [6.07, 6.45) is 0.786. The van der Waals surface area contributed by atoms with Crippen molar-refractivity contribution in [3.8, 4) is 11.5 Å². The normalized spacial score (nSPS) is 13.0. The van der Waals surface area contributed by atoms with Crippen molar-refractivity contribution >= 4 is 11.4 Å². The lowest BCUT2D eigenvalue weighted by Gasteiger charge is -2.20. The van der Waals surface area contributed by atoms with Gasteiger partial charge in [-0.3, -0.25) is 0 Å². The molecule has 0 bridgehead atoms. The van der Waals surface area contributed by atoms with Crippen molar-refractivity contribution in [3.63, 3.8) is 0 Å². The topological polar surface area (TPSA) is 56.5 Å². The third-order valence-electron chi connectivity index (χ3n) is 3.36. The molecule has 0 saturated carbocycles. The Balaban J connectivity index is 1.63. The van der Waals surface area contributed by atoms with Crippen LogP contribution >= 0.6 is 0 Å². The van der Waals surface area contributed by atoms with E-state index in [9.17, 15) is 4.39 Å². The molecule has 3 rings (SSSR count). The fraction of sp³-hybridized carbons (Fsp3) is 0.250. The SMILES string of the molecule is Nc1cc2c(cc1NCCc1ccc(F)cc1)OCCO2. The van der Waals surface area contributed by atoms with Crippen LogP contribution in [0.2, 0.25) is 0 Å². The first-order chi connectivity index (χ1) is 10.2. The monoisotopic (exact) mass is 288 g/mol. The molecule has 4 nitrogen and oxygen atoms in total. The highest BCUT2D eigenvalue weighted by molar-refractivity contribution is 5.72. The van der Waals surface area contributed by atoms with Crippen molar-refractivity contribution in [1.29, 1.82) is 0 Å². The zero-order valence-electron chi connectivity index (χ0n) is 11.6. The van der Waals surface area contributed by atoms with E-state index >= 15 is 0 Å². The Labute approximate surface area is 122 Å². The van der Waals surface area contributed by atoms with Gasteiger partial charge in [-0.15, -0.1) is 0 Å². The van der Waals surface area contributed by atoms with Gasteiger partial charge in [-0.05, 0) is 24.1 Å². The number of ether oxygens (including phenoxy) is 2. The number of nitrogen functional groups attached to an aromatic ring is 1. The first-order valence-electron chi connectivity index (χ1n) is 6.90. The van der Waals surface area contributed by atoms with Crippen LogP contribution in [-0.4, -0.2) is 19.8 Å². The molecule has 21 heavy (non-hydrogen) atoms. The third-order valence-corrected chi connectivity index (χ3v) is 3.36. The van der Waals surface area contributed by atoms with E-state index in [1.807, 2.05) is 6.07 Å². The number of halogens is 1. The second-order valence-corrected chi connectivity index (χ2v) is 4.89. The quantitative estimate of drug-likeness (QED) is 0.849. The number of benzene rings is 2. The van der Waals surface area contributed by atoms with Crippen molar-refractivity contribution < 1.29 is 13.9 Å². The van der Waals surface area contributed by atoms with E-state index in [0.717, 1.165) is 17.7 Å². The van der Waals surface area contributed by atoms with E-state index in [1.165, 1.54) is 12.1 Å². The highest BCUT2D eigenvalue weighted by atomic mass is 19.1. The van der Waals surface area contributed by atoms with Crippen LogP contribution in [0.15, 0.2) is 36.4 Å². The highest BCUT2D eigenvalue weighted by Gasteiger charge is 2.14. The van der Waals surface area contributed by atoms with Gasteiger partial charge in [-0.25, -0.2) is 4.39 Å². The molecule has 0 aromatic heterocycles. The number of nitrogens with one attached hydrogen (secondary N) is 1. The molecule has 0 spiro atoms. The maximum Gasteiger partial charge on any atom is 0.163 e. The summed E-state index contributed by atoms with van der Waals surface area (Å²) in [5.41, 5.74) is 8.51. The Morgan fingerprint density at radius 3 is 2.43 bits per heavy atom. The molecule has 1 heterocycles. The minimum Gasteiger partial charge on any atom is -0.486 e. The summed E-state index contributed by atoms with van der Waals surface area (Å²) >= 11 is 0. The Morgan fingerprint density at radius 1 is 1.05 bits per heavy atom. The van der Waals surface area contributed by atoms with Crippen molar-refractivity contribution in [2.75, 3.05) is 30.8 Å². The molecule has 1 aliphatic heterocycles. The molecule has 0 radical (unpaired) electrons. The Bertz CT molecular complexity index is 629. The van der Waals surface area contributed by atoms with E-state index in [4.69, 9.17) is 15.2 Å². The maximum atomic E-state index is 12.8. The standard InChI is InChI=1S/C16H17FN2O2/c17-12-3-1-11(2-4-12)5-6-19-14-10-16-15(9-13(14)18)20-7-8-21-16/h1-4,9-10,19H,5-8,18H2. The molecule has 0 aliphatic carbocycles. The average Bonchev–Trinajstić information content (AvgIpc) is 2.50. The van der Waals surface area contributed by atoms with E-state index in [-0.39, 0.29) is 5.82 Å². The number of rotatable bonds is 4. The summed E-state index contributed by atoms with van der Waals surface area (Å²) in [7, 11) is 0. The van der Waals surface area contributed by atoms with Crippen LogP contribution < -0.4 is 20.5 Å². The molecule has 1 aliphatic rings. The van der Waals surface area contributed by atoms with Crippen molar-refractivity contribution in [2.45, 2.75) is 6.42 Å². The van der Waals surface area contributed by atoms with Crippen LogP contribution in [0.5, 0.6) is 11.5 Å². The zero-order chi connectivity index (χ0) is 14.7. The number of fused-ring (bicyclic) bond motifs is 1. The second-order valence-electron chi connectivity index (χ2n) is 4.89. The fourth-order valence-corrected chi connectivity index (χ4v) is 2.25. The Morgan fingerprint density at radius 2 is 1.71 bits per heavy atom. The van der Waals surface area contributed by atoms with Crippen molar-refractivity contribution in [1.82, 2.24) is 0 Å². The summed E-state index contributed by atoms with van der Waals surface area (Å²) in [4.78, 5) is 0. The number of nitrogens with two attached hydrogens (primary N) is 1. The van der Waals surface area contributed by atoms with Gasteiger partial charge >= 0.3 is 0 Å². The van der Waals surface area contributed by atoms with E-state index in [1.54, 1.807) is 18.2 Å². The molecule has 0 unspecified atom stereocenters. The van der Waals surface area contributed by atoms with E-state index in [2.05, 4.69) is 5.32 Å². The minimum atomic E-state index is -0.220. The molecule has 2 aromatic rings. The lowest BCUT2D eigenvalue weighted by molar-refractivity contribution is 0.172. The van der Waals surface area contributed by atoms with Gasteiger partial charge < -0.3 is 20.5 Å². The summed E-state index contributed by atoms with van der Waals surface area (Å²) in [5.74, 6) is 1.17. The summed E-state index contributed by atoms with van der Waals surface area (Å²) in [6.45, 7) is 1.80. The van der Waals surface area contributed by atoms with Gasteiger partial charge in [0.2, 0.25) is 0 Å². The molecule has 2 aromatic carbocycles. The largest absolute Gasteiger partial charge is 0.486 e. The Hall–Kier alpha value is -2.43. The van der Waals surface area contributed by atoms with Crippen LogP contribution in [-0.2, 0) is 6.42 Å². The zero-order valence-corrected chi connectivity index (χ0v) is 11.6. The van der Waals surface area contributed by atoms with Crippen LogP contribution in [0, 0.1) is 5.82 Å². The summed E-state index contributed by atoms with van der Waals surface area (Å²) in [6, 6.07) is 10.1. The number of hydrogen-bond donors (Lipinski definition) is 2. The van der Waals surface area contributed by atoms with Crippen LogP contribution in [0.25, 0.3) is 0 Å². The molecule has 0 atom stereocenters. The van der Waals surface area contributed by atoms with Crippen molar-refractivity contribution in [2.24, 2.45) is 0 Å². The van der Waals surface area contributed by atoms with E-state index in [0.29, 0.717) is 36.9 Å². The van der Waals surface area contributed by atoms with Crippen LogP contribution in [0.1, 0.15) is 5.56 Å². The number of hydrogen-bond acceptors (Lipinski definition) is 4. The Kier molecular flexibility index (Phi) is 3.81. The smallest absolute Gasteiger partial charge is 0.163 e. The molecule has 0 amide bonds. The van der Waals surface area contributed by atoms with Gasteiger partial charge in [0.15, 0.2) is 11.5 Å². The van der Waals surface area contributed by atoms with Gasteiger partial charge in [0.1, 0.15) is 19.0 Å². The van der Waals surface area contributed by atoms with Crippen molar-refractivity contribution in [3.05, 3.63) is 47.8 Å². The lowest BCUT2D eigenvalue weighted by Crippen LogP contribution is -2.16. The number of anilines is 2. The summed E-state index contributed by atoms with van der Waals surface area (Å²) in [5, 5.41) is 3.27. The van der Waals surface area contributed by atoms with Gasteiger partial charge in [0.25, 0.3) is 0 Å². The van der Waals surface area contributed by atoms with Gasteiger partial charge in [-0.1, -0.05) is 12.1 Å². The third kappa shape index (κ3) is 3.18. The van der Waals surface area contributed by atoms with Gasteiger partial charge in [0, 0.05) is 18.7 Å². The van der Waals surface area contributed by atoms with Gasteiger partial charge in [0.05, 0.1) is 11.4 Å². The average molecular weight is 288 g/mol. The van der Waals surface area contributed by atoms with Crippen LogP contribution in [0.4, 0.5) is 15.8 Å². The van der Waals surface area contributed by atoms with Gasteiger partial charge in [-0.2, -0.15) is 0 Å². The minimum absolute atomic E-state index is 0.220. The molecular formula is C16H17FN2O2. The molecule has 0 saturated heterocycles. The highest BCUT2D eigenvalue weighted by Crippen LogP contribution is 2.36. The summed E-state index contributed by atoms with van der Waals surface area (Å²) < 4.78 is 23.8. The molecule has 0 fully saturated rings. The first-order valence-corrected chi connectivity index (χ1v) is 6.90. The van der Waals surface area contributed by atoms with Crippen LogP contribution in [0.3, 0.4) is 0 Å².